The molecule has 8 nitrogen and oxygen atoms in total. The van der Waals surface area contributed by atoms with Crippen LogP contribution in [0.1, 0.15) is 43.0 Å². The molecule has 0 spiro atoms. The highest BCUT2D eigenvalue weighted by molar-refractivity contribution is 5.79. The molecular formula is C24H33N5O3. The Bertz CT molecular complexity index is 935. The van der Waals surface area contributed by atoms with Crippen LogP contribution in [0.5, 0.6) is 5.75 Å². The molecule has 0 aliphatic carbocycles. The molecule has 1 N–H and O–H groups in total. The van der Waals surface area contributed by atoms with Gasteiger partial charge in [0.2, 0.25) is 5.91 Å². The van der Waals surface area contributed by atoms with E-state index < -0.39 is 0 Å². The van der Waals surface area contributed by atoms with E-state index in [1.165, 1.54) is 0 Å². The van der Waals surface area contributed by atoms with Crippen LogP contribution in [0.25, 0.3) is 6.08 Å². The standard InChI is InChI=1S/C24H33N5O3/c1-18(25-24(30)20-10-16-32-17-11-20)23-27-26-22-9-13-28(14-15-29(22)23)12-5-7-19-6-3-4-8-21(19)31-2/h3-8,18,20H,9-17H2,1-2H3,(H,25,30). The number of aromatic nitrogens is 3. The van der Waals surface area contributed by atoms with E-state index in [0.29, 0.717) is 13.2 Å². The number of hydrogen-bond acceptors (Lipinski definition) is 6. The Morgan fingerprint density at radius 2 is 2.06 bits per heavy atom. The predicted molar refractivity (Wildman–Crippen MR) is 122 cm³/mol. The average molecular weight is 440 g/mol. The topological polar surface area (TPSA) is 81.5 Å². The third-order valence-corrected chi connectivity index (χ3v) is 6.29. The van der Waals surface area contributed by atoms with Gasteiger partial charge in [-0.2, -0.15) is 0 Å². The lowest BCUT2D eigenvalue weighted by Crippen LogP contribution is -2.36. The number of methoxy groups -OCH3 is 1. The fourth-order valence-electron chi connectivity index (χ4n) is 4.38. The Balaban J connectivity index is 1.33. The monoisotopic (exact) mass is 439 g/mol. The molecule has 0 radical (unpaired) electrons. The number of hydrogen-bond donors (Lipinski definition) is 1. The number of ether oxygens (including phenoxy) is 2. The number of carbonyl (C=O) groups is 1. The van der Waals surface area contributed by atoms with E-state index in [4.69, 9.17) is 9.47 Å². The number of fused-ring (bicyclic) bond motifs is 1. The van der Waals surface area contributed by atoms with Crippen LogP contribution in [0.3, 0.4) is 0 Å². The van der Waals surface area contributed by atoms with Crippen LogP contribution in [-0.4, -0.2) is 65.5 Å². The van der Waals surface area contributed by atoms with Crippen molar-refractivity contribution in [3.8, 4) is 5.75 Å². The van der Waals surface area contributed by atoms with Crippen LogP contribution in [-0.2, 0) is 22.5 Å². The van der Waals surface area contributed by atoms with Crippen LogP contribution in [0.15, 0.2) is 30.3 Å². The Morgan fingerprint density at radius 3 is 2.88 bits per heavy atom. The van der Waals surface area contributed by atoms with E-state index in [1.54, 1.807) is 7.11 Å². The van der Waals surface area contributed by atoms with Gasteiger partial charge in [0.05, 0.1) is 13.2 Å². The predicted octanol–water partition coefficient (Wildman–Crippen LogP) is 2.46. The molecule has 3 heterocycles. The van der Waals surface area contributed by atoms with Crippen molar-refractivity contribution in [1.82, 2.24) is 25.0 Å². The van der Waals surface area contributed by atoms with Gasteiger partial charge in [-0.25, -0.2) is 0 Å². The van der Waals surface area contributed by atoms with E-state index in [9.17, 15) is 4.79 Å². The van der Waals surface area contributed by atoms with Crippen molar-refractivity contribution >= 4 is 12.0 Å². The minimum atomic E-state index is -0.163. The molecule has 0 bridgehead atoms. The van der Waals surface area contributed by atoms with Crippen molar-refractivity contribution < 1.29 is 14.3 Å². The largest absolute Gasteiger partial charge is 0.496 e. The Hall–Kier alpha value is -2.71. The van der Waals surface area contributed by atoms with Crippen molar-refractivity contribution in [1.29, 1.82) is 0 Å². The van der Waals surface area contributed by atoms with Crippen molar-refractivity contribution in [2.45, 2.75) is 38.8 Å². The van der Waals surface area contributed by atoms with Crippen molar-refractivity contribution in [2.24, 2.45) is 5.92 Å². The summed E-state index contributed by atoms with van der Waals surface area (Å²) in [6.07, 6.45) is 6.71. The molecule has 2 aromatic rings. The lowest BCUT2D eigenvalue weighted by molar-refractivity contribution is -0.128. The highest BCUT2D eigenvalue weighted by Crippen LogP contribution is 2.20. The molecule has 1 fully saturated rings. The summed E-state index contributed by atoms with van der Waals surface area (Å²) in [6.45, 7) is 6.83. The number of nitrogens with zero attached hydrogens (tertiary/aromatic N) is 4. The van der Waals surface area contributed by atoms with E-state index in [2.05, 4.69) is 43.2 Å². The molecule has 8 heteroatoms. The summed E-state index contributed by atoms with van der Waals surface area (Å²) >= 11 is 0. The molecule has 1 aromatic carbocycles. The fraction of sp³-hybridized carbons (Fsp3) is 0.542. The number of rotatable bonds is 7. The number of nitrogens with one attached hydrogen (secondary N) is 1. The van der Waals surface area contributed by atoms with Gasteiger partial charge in [0, 0.05) is 57.3 Å². The van der Waals surface area contributed by atoms with Gasteiger partial charge >= 0.3 is 0 Å². The Kier molecular flexibility index (Phi) is 7.55. The van der Waals surface area contributed by atoms with E-state index in [-0.39, 0.29) is 17.9 Å². The second-order valence-corrected chi connectivity index (χ2v) is 8.44. The molecule has 1 saturated heterocycles. The molecule has 1 amide bonds. The molecular weight excluding hydrogens is 406 g/mol. The van der Waals surface area contributed by atoms with E-state index >= 15 is 0 Å². The highest BCUT2D eigenvalue weighted by Gasteiger charge is 2.26. The number of para-hydroxylation sites is 1. The number of amides is 1. The minimum Gasteiger partial charge on any atom is -0.496 e. The minimum absolute atomic E-state index is 0.0308. The summed E-state index contributed by atoms with van der Waals surface area (Å²) in [7, 11) is 1.70. The summed E-state index contributed by atoms with van der Waals surface area (Å²) in [4.78, 5) is 15.0. The molecule has 172 valence electrons. The first-order chi connectivity index (χ1) is 15.7. The molecule has 4 rings (SSSR count). The van der Waals surface area contributed by atoms with Gasteiger partial charge in [-0.3, -0.25) is 9.69 Å². The van der Waals surface area contributed by atoms with E-state index in [0.717, 1.165) is 68.4 Å². The molecule has 2 aliphatic heterocycles. The first-order valence-electron chi connectivity index (χ1n) is 11.5. The van der Waals surface area contributed by atoms with Crippen molar-refractivity contribution in [3.63, 3.8) is 0 Å². The normalized spacial score (nSPS) is 18.8. The second kappa shape index (κ2) is 10.7. The van der Waals surface area contributed by atoms with Gasteiger partial charge in [-0.1, -0.05) is 30.4 Å². The van der Waals surface area contributed by atoms with Gasteiger partial charge in [0.25, 0.3) is 0 Å². The molecule has 32 heavy (non-hydrogen) atoms. The fourth-order valence-corrected chi connectivity index (χ4v) is 4.38. The summed E-state index contributed by atoms with van der Waals surface area (Å²) < 4.78 is 13.0. The molecule has 0 saturated carbocycles. The zero-order valence-electron chi connectivity index (χ0n) is 19.0. The molecule has 1 aromatic heterocycles. The Labute approximate surface area is 189 Å². The second-order valence-electron chi connectivity index (χ2n) is 8.44. The zero-order valence-corrected chi connectivity index (χ0v) is 19.0. The van der Waals surface area contributed by atoms with Crippen LogP contribution in [0.2, 0.25) is 0 Å². The van der Waals surface area contributed by atoms with Gasteiger partial charge < -0.3 is 19.4 Å². The average Bonchev–Trinajstić information content (AvgIpc) is 3.13. The van der Waals surface area contributed by atoms with E-state index in [1.807, 2.05) is 25.1 Å². The molecule has 1 atom stereocenters. The van der Waals surface area contributed by atoms with Crippen molar-refractivity contribution in [3.05, 3.63) is 47.6 Å². The van der Waals surface area contributed by atoms with Crippen molar-refractivity contribution in [2.75, 3.05) is 40.0 Å². The van der Waals surface area contributed by atoms with Crippen LogP contribution >= 0.6 is 0 Å². The summed E-state index contributed by atoms with van der Waals surface area (Å²) in [5.74, 6) is 2.83. The maximum Gasteiger partial charge on any atom is 0.223 e. The zero-order chi connectivity index (χ0) is 22.3. The van der Waals surface area contributed by atoms with Crippen LogP contribution < -0.4 is 10.1 Å². The van der Waals surface area contributed by atoms with Crippen LogP contribution in [0.4, 0.5) is 0 Å². The Morgan fingerprint density at radius 1 is 1.25 bits per heavy atom. The maximum atomic E-state index is 12.6. The maximum absolute atomic E-state index is 12.6. The first kappa shape index (κ1) is 22.5. The lowest BCUT2D eigenvalue weighted by Gasteiger charge is -2.23. The first-order valence-corrected chi connectivity index (χ1v) is 11.5. The third-order valence-electron chi connectivity index (χ3n) is 6.29. The van der Waals surface area contributed by atoms with Crippen LogP contribution in [0, 0.1) is 5.92 Å². The SMILES string of the molecule is COc1ccccc1C=CCN1CCc2nnc(C(C)NC(=O)C3CCOCC3)n2CC1. The molecule has 1 unspecified atom stereocenters. The number of benzene rings is 1. The quantitative estimate of drug-likeness (QED) is 0.714. The smallest absolute Gasteiger partial charge is 0.223 e. The third kappa shape index (κ3) is 5.37. The number of carbonyl (C=O) groups excluding carboxylic acids is 1. The van der Waals surface area contributed by atoms with Gasteiger partial charge in [0.15, 0.2) is 5.82 Å². The summed E-state index contributed by atoms with van der Waals surface area (Å²) in [5, 5.41) is 12.0. The van der Waals surface area contributed by atoms with Gasteiger partial charge in [-0.05, 0) is 25.8 Å². The lowest BCUT2D eigenvalue weighted by atomic mass is 9.99. The summed E-state index contributed by atoms with van der Waals surface area (Å²) in [5.41, 5.74) is 1.08. The van der Waals surface area contributed by atoms with Gasteiger partial charge in [0.1, 0.15) is 11.6 Å². The van der Waals surface area contributed by atoms with Gasteiger partial charge in [-0.15, -0.1) is 10.2 Å². The highest BCUT2D eigenvalue weighted by atomic mass is 16.5. The summed E-state index contributed by atoms with van der Waals surface area (Å²) in [6, 6.07) is 7.86. The molecule has 2 aliphatic rings.